The minimum absolute atomic E-state index is 0.00881. The molecule has 0 spiro atoms. The molecule has 0 unspecified atom stereocenters. The number of carbonyl (C=O) groups is 1. The molecule has 0 bridgehead atoms. The molecule has 1 aromatic heterocycles. The Morgan fingerprint density at radius 1 is 1.17 bits per heavy atom. The molecular formula is C22H17F3N2O3. The number of hydrogen-bond donors (Lipinski definition) is 1. The van der Waals surface area contributed by atoms with Gasteiger partial charge in [-0.3, -0.25) is 4.79 Å². The van der Waals surface area contributed by atoms with Gasteiger partial charge in [0.1, 0.15) is 17.2 Å². The number of halogens is 3. The average molecular weight is 414 g/mol. The maximum atomic E-state index is 13.3. The molecule has 30 heavy (non-hydrogen) atoms. The van der Waals surface area contributed by atoms with Crippen LogP contribution in [0.1, 0.15) is 33.7 Å². The fourth-order valence-electron chi connectivity index (χ4n) is 4.28. The Hall–Kier alpha value is -3.13. The largest absolute Gasteiger partial charge is 0.461 e. The van der Waals surface area contributed by atoms with Gasteiger partial charge < -0.3 is 14.4 Å². The predicted molar refractivity (Wildman–Crippen MR) is 105 cm³/mol. The van der Waals surface area contributed by atoms with Gasteiger partial charge in [0.2, 0.25) is 5.78 Å². The van der Waals surface area contributed by atoms with E-state index in [0.29, 0.717) is 17.8 Å². The number of aryl methyl sites for hydroxylation is 2. The first-order valence-electron chi connectivity index (χ1n) is 9.44. The van der Waals surface area contributed by atoms with Gasteiger partial charge in [-0.15, -0.1) is 0 Å². The second kappa shape index (κ2) is 5.95. The summed E-state index contributed by atoms with van der Waals surface area (Å²) >= 11 is 0. The van der Waals surface area contributed by atoms with Crippen molar-refractivity contribution in [3.63, 3.8) is 0 Å². The Kier molecular flexibility index (Phi) is 3.74. The zero-order valence-corrected chi connectivity index (χ0v) is 16.2. The summed E-state index contributed by atoms with van der Waals surface area (Å²) in [6, 6.07) is 9.31. The van der Waals surface area contributed by atoms with Gasteiger partial charge in [0.15, 0.2) is 5.60 Å². The number of hydrogen-bond acceptors (Lipinski definition) is 5. The van der Waals surface area contributed by atoms with Crippen LogP contribution in [0.4, 0.5) is 24.5 Å². The molecule has 3 heterocycles. The van der Waals surface area contributed by atoms with Gasteiger partial charge in [0.25, 0.3) is 0 Å². The van der Waals surface area contributed by atoms with Crippen LogP contribution in [0.3, 0.4) is 0 Å². The second-order valence-corrected chi connectivity index (χ2v) is 7.79. The molecule has 1 saturated heterocycles. The van der Waals surface area contributed by atoms with Crippen molar-refractivity contribution in [2.45, 2.75) is 32.0 Å². The smallest absolute Gasteiger partial charge is 0.416 e. The number of aliphatic hydroxyl groups is 1. The lowest BCUT2D eigenvalue weighted by Gasteiger charge is -2.30. The molecule has 8 heteroatoms. The normalized spacial score (nSPS) is 21.1. The van der Waals surface area contributed by atoms with Crippen molar-refractivity contribution in [2.75, 3.05) is 11.4 Å². The van der Waals surface area contributed by atoms with E-state index in [4.69, 9.17) is 4.42 Å². The summed E-state index contributed by atoms with van der Waals surface area (Å²) in [6.07, 6.45) is -4.46. The molecular weight excluding hydrogens is 397 g/mol. The first kappa shape index (κ1) is 18.9. The molecule has 1 fully saturated rings. The van der Waals surface area contributed by atoms with Crippen LogP contribution in [0.15, 0.2) is 45.8 Å². The van der Waals surface area contributed by atoms with Gasteiger partial charge in [-0.2, -0.15) is 13.2 Å². The number of furan rings is 1. The van der Waals surface area contributed by atoms with E-state index in [-0.39, 0.29) is 29.1 Å². The van der Waals surface area contributed by atoms with Crippen LogP contribution in [0.2, 0.25) is 0 Å². The Balaban J connectivity index is 1.66. The Bertz CT molecular complexity index is 1260. The van der Waals surface area contributed by atoms with Crippen LogP contribution in [-0.2, 0) is 6.18 Å². The molecule has 5 nitrogen and oxygen atoms in total. The molecule has 2 aromatic carbocycles. The van der Waals surface area contributed by atoms with E-state index < -0.39 is 23.1 Å². The molecule has 5 rings (SSSR count). The Labute approximate surface area is 169 Å². The van der Waals surface area contributed by atoms with E-state index in [9.17, 15) is 23.1 Å². The van der Waals surface area contributed by atoms with Crippen LogP contribution < -0.4 is 4.90 Å². The van der Waals surface area contributed by atoms with Gasteiger partial charge in [0.05, 0.1) is 11.3 Å². The standard InChI is InChI=1S/C22H17F3N2O3/c1-11-7-15-17(10-16(11)22(23,24)25)26-20-21(29,19(15)28)5-6-27(20)14-3-4-18-13(9-14)8-12(2)30-18/h3-4,7-10,29H,5-6H2,1-2H3/t21-/m1/s1. The average Bonchev–Trinajstić information content (AvgIpc) is 3.20. The third-order valence-corrected chi connectivity index (χ3v) is 5.75. The molecule has 1 N–H and O–H groups in total. The van der Waals surface area contributed by atoms with Crippen molar-refractivity contribution in [1.82, 2.24) is 0 Å². The third kappa shape index (κ3) is 2.60. The van der Waals surface area contributed by atoms with Gasteiger partial charge in [-0.05, 0) is 55.8 Å². The molecule has 0 amide bonds. The number of fused-ring (bicyclic) bond motifs is 3. The first-order valence-corrected chi connectivity index (χ1v) is 9.44. The minimum atomic E-state index is -4.56. The van der Waals surface area contributed by atoms with Crippen molar-refractivity contribution in [3.05, 3.63) is 58.8 Å². The van der Waals surface area contributed by atoms with E-state index >= 15 is 0 Å². The van der Waals surface area contributed by atoms with Crippen molar-refractivity contribution in [3.8, 4) is 0 Å². The van der Waals surface area contributed by atoms with Crippen LogP contribution >= 0.6 is 0 Å². The molecule has 154 valence electrons. The lowest BCUT2D eigenvalue weighted by atomic mass is 9.86. The molecule has 2 aliphatic rings. The van der Waals surface area contributed by atoms with Crippen LogP contribution in [0.25, 0.3) is 11.0 Å². The Morgan fingerprint density at radius 3 is 2.67 bits per heavy atom. The van der Waals surface area contributed by atoms with E-state index in [2.05, 4.69) is 4.99 Å². The fraction of sp³-hybridized carbons (Fsp3) is 0.273. The van der Waals surface area contributed by atoms with Crippen molar-refractivity contribution in [2.24, 2.45) is 4.99 Å². The molecule has 3 aromatic rings. The highest BCUT2D eigenvalue weighted by atomic mass is 19.4. The number of nitrogens with zero attached hydrogens (tertiary/aromatic N) is 2. The first-order chi connectivity index (χ1) is 14.1. The highest BCUT2D eigenvalue weighted by Crippen LogP contribution is 2.43. The molecule has 0 saturated carbocycles. The van der Waals surface area contributed by atoms with Gasteiger partial charge >= 0.3 is 6.18 Å². The number of anilines is 1. The van der Waals surface area contributed by atoms with Crippen LogP contribution in [-0.4, -0.2) is 28.9 Å². The summed E-state index contributed by atoms with van der Waals surface area (Å²) in [5.41, 5.74) is -1.48. The summed E-state index contributed by atoms with van der Waals surface area (Å²) in [5.74, 6) is 0.174. The summed E-state index contributed by atoms with van der Waals surface area (Å²) in [5, 5.41) is 12.0. The monoisotopic (exact) mass is 414 g/mol. The number of rotatable bonds is 1. The third-order valence-electron chi connectivity index (χ3n) is 5.75. The molecule has 0 aliphatic carbocycles. The second-order valence-electron chi connectivity index (χ2n) is 7.79. The lowest BCUT2D eigenvalue weighted by molar-refractivity contribution is -0.138. The summed E-state index contributed by atoms with van der Waals surface area (Å²) in [6.45, 7) is 3.43. The van der Waals surface area contributed by atoms with Crippen molar-refractivity contribution >= 4 is 34.0 Å². The van der Waals surface area contributed by atoms with Crippen molar-refractivity contribution in [1.29, 1.82) is 0 Å². The number of alkyl halides is 3. The van der Waals surface area contributed by atoms with Crippen LogP contribution in [0, 0.1) is 13.8 Å². The van der Waals surface area contributed by atoms with E-state index in [1.165, 1.54) is 13.0 Å². The zero-order valence-electron chi connectivity index (χ0n) is 16.2. The number of aliphatic imine (C=N–C) groups is 1. The van der Waals surface area contributed by atoms with Gasteiger partial charge in [-0.25, -0.2) is 4.99 Å². The van der Waals surface area contributed by atoms with E-state index in [1.54, 1.807) is 17.0 Å². The molecule has 0 radical (unpaired) electrons. The maximum absolute atomic E-state index is 13.3. The SMILES string of the molecule is Cc1cc2cc(N3CC[C@@]4(O)C(=O)c5cc(C)c(C(F)(F)F)cc5N=C34)ccc2o1. The van der Waals surface area contributed by atoms with E-state index in [0.717, 1.165) is 17.2 Å². The Morgan fingerprint density at radius 2 is 1.93 bits per heavy atom. The van der Waals surface area contributed by atoms with Gasteiger partial charge in [-0.1, -0.05) is 0 Å². The number of Topliss-reactive ketones (excluding diaryl/α,β-unsaturated/α-hetero) is 1. The number of benzene rings is 2. The summed E-state index contributed by atoms with van der Waals surface area (Å²) in [4.78, 5) is 19.1. The number of amidine groups is 1. The number of carbonyl (C=O) groups excluding carboxylic acids is 1. The number of ketones is 1. The quantitative estimate of drug-likeness (QED) is 0.613. The zero-order chi connectivity index (χ0) is 21.4. The van der Waals surface area contributed by atoms with E-state index in [1.807, 2.05) is 19.1 Å². The molecule has 2 aliphatic heterocycles. The fourth-order valence-corrected chi connectivity index (χ4v) is 4.28. The van der Waals surface area contributed by atoms with Crippen molar-refractivity contribution < 1.29 is 27.5 Å². The highest BCUT2D eigenvalue weighted by Gasteiger charge is 2.52. The summed E-state index contributed by atoms with van der Waals surface area (Å²) in [7, 11) is 0. The van der Waals surface area contributed by atoms with Crippen LogP contribution in [0.5, 0.6) is 0 Å². The predicted octanol–water partition coefficient (Wildman–Crippen LogP) is 4.94. The summed E-state index contributed by atoms with van der Waals surface area (Å²) < 4.78 is 45.6. The highest BCUT2D eigenvalue weighted by molar-refractivity contribution is 6.28. The maximum Gasteiger partial charge on any atom is 0.416 e. The minimum Gasteiger partial charge on any atom is -0.461 e. The molecule has 1 atom stereocenters. The van der Waals surface area contributed by atoms with Gasteiger partial charge in [0, 0.05) is 29.6 Å². The topological polar surface area (TPSA) is 66.0 Å². The lowest BCUT2D eigenvalue weighted by Crippen LogP contribution is -2.48.